The zero-order valence-electron chi connectivity index (χ0n) is 24.1. The number of halogens is 2. The van der Waals surface area contributed by atoms with Crippen molar-refractivity contribution in [2.75, 3.05) is 20.2 Å². The van der Waals surface area contributed by atoms with Gasteiger partial charge in [-0.2, -0.15) is 13.9 Å². The van der Waals surface area contributed by atoms with Crippen LogP contribution >= 0.6 is 31.1 Å². The second kappa shape index (κ2) is 14.2. The van der Waals surface area contributed by atoms with Gasteiger partial charge in [0.1, 0.15) is 18.8 Å². The number of nitrogens with zero attached hydrogens (tertiary/aromatic N) is 2. The van der Waals surface area contributed by atoms with Gasteiger partial charge in [0.25, 0.3) is 0 Å². The lowest BCUT2D eigenvalue weighted by molar-refractivity contribution is 0.0470. The molecule has 3 aromatic rings. The topological polar surface area (TPSA) is 81.1 Å². The third-order valence-electron chi connectivity index (χ3n) is 5.94. The van der Waals surface area contributed by atoms with Crippen molar-refractivity contribution >= 4 is 42.4 Å². The van der Waals surface area contributed by atoms with Crippen molar-refractivity contribution in [2.45, 2.75) is 60.3 Å². The largest absolute Gasteiger partial charge is 0.461 e. The van der Waals surface area contributed by atoms with Crippen LogP contribution in [0, 0.1) is 13.8 Å². The zero-order chi connectivity index (χ0) is 29.6. The number of rotatable bonds is 12. The molecule has 0 atom stereocenters. The summed E-state index contributed by atoms with van der Waals surface area (Å²) in [6.07, 6.45) is -0.757. The second-order valence-electron chi connectivity index (χ2n) is 10.2. The SMILES string of the molecule is Cc1nc(C)c([P+](O)(OC(C)C)OC(C)C)c(-c2cccc(Cl)c2Cl)c1C(=O)OCCN(C)Cc1ccccc1. The molecular formula is C30H38Cl2N2O5P+. The minimum absolute atomic E-state index is 0.151. The van der Waals surface area contributed by atoms with Gasteiger partial charge >= 0.3 is 13.9 Å². The first kappa shape index (κ1) is 32.4. The van der Waals surface area contributed by atoms with Crippen LogP contribution in [0.15, 0.2) is 48.5 Å². The van der Waals surface area contributed by atoms with Gasteiger partial charge in [0.15, 0.2) is 0 Å². The van der Waals surface area contributed by atoms with Crippen molar-refractivity contribution in [3.63, 3.8) is 0 Å². The van der Waals surface area contributed by atoms with Gasteiger partial charge in [-0.1, -0.05) is 65.7 Å². The summed E-state index contributed by atoms with van der Waals surface area (Å²) in [5, 5.41) is 0.807. The van der Waals surface area contributed by atoms with Crippen LogP contribution in [0.1, 0.15) is 55.0 Å². The van der Waals surface area contributed by atoms with Crippen LogP contribution < -0.4 is 5.30 Å². The molecule has 10 heteroatoms. The quantitative estimate of drug-likeness (QED) is 0.172. The molecule has 0 fully saturated rings. The maximum Gasteiger partial charge on any atom is 0.449 e. The number of aryl methyl sites for hydroxylation is 2. The molecule has 1 N–H and O–H groups in total. The second-order valence-corrected chi connectivity index (χ2v) is 12.9. The van der Waals surface area contributed by atoms with E-state index in [1.165, 1.54) is 0 Å². The molecule has 3 rings (SSSR count). The molecule has 0 bridgehead atoms. The first-order chi connectivity index (χ1) is 18.8. The van der Waals surface area contributed by atoms with Gasteiger partial charge in [0.05, 0.1) is 32.6 Å². The molecular weight excluding hydrogens is 570 g/mol. The average molecular weight is 609 g/mol. The lowest BCUT2D eigenvalue weighted by Crippen LogP contribution is -2.30. The highest BCUT2D eigenvalue weighted by atomic mass is 35.5. The molecule has 0 saturated heterocycles. The molecule has 2 aromatic carbocycles. The smallest absolute Gasteiger partial charge is 0.449 e. The number of esters is 1. The van der Waals surface area contributed by atoms with Crippen molar-refractivity contribution in [3.05, 3.63) is 81.1 Å². The van der Waals surface area contributed by atoms with E-state index in [1.54, 1.807) is 59.7 Å². The van der Waals surface area contributed by atoms with E-state index in [0.717, 1.165) is 5.56 Å². The van der Waals surface area contributed by atoms with Crippen LogP contribution in [0.25, 0.3) is 11.1 Å². The molecule has 0 aliphatic heterocycles. The molecule has 0 amide bonds. The van der Waals surface area contributed by atoms with Crippen molar-refractivity contribution in [2.24, 2.45) is 0 Å². The van der Waals surface area contributed by atoms with Gasteiger partial charge in [0, 0.05) is 18.7 Å². The first-order valence-electron chi connectivity index (χ1n) is 13.2. The molecule has 0 spiro atoms. The molecule has 0 aliphatic rings. The predicted molar refractivity (Wildman–Crippen MR) is 163 cm³/mol. The Kier molecular flexibility index (Phi) is 11.5. The fraction of sp³-hybridized carbons (Fsp3) is 0.400. The van der Waals surface area contributed by atoms with E-state index in [9.17, 15) is 9.69 Å². The van der Waals surface area contributed by atoms with E-state index in [0.29, 0.717) is 40.6 Å². The van der Waals surface area contributed by atoms with E-state index in [4.69, 9.17) is 37.0 Å². The van der Waals surface area contributed by atoms with Crippen molar-refractivity contribution in [1.82, 2.24) is 9.88 Å². The summed E-state index contributed by atoms with van der Waals surface area (Å²) in [5.74, 6) is -0.592. The van der Waals surface area contributed by atoms with Crippen LogP contribution in [-0.4, -0.2) is 53.2 Å². The van der Waals surface area contributed by atoms with E-state index in [1.807, 2.05) is 25.2 Å². The Bertz CT molecular complexity index is 1310. The lowest BCUT2D eigenvalue weighted by Gasteiger charge is -2.25. The molecule has 1 aromatic heterocycles. The van der Waals surface area contributed by atoms with Gasteiger partial charge in [0.2, 0.25) is 5.30 Å². The number of hydrogen-bond donors (Lipinski definition) is 1. The minimum atomic E-state index is -3.76. The van der Waals surface area contributed by atoms with Crippen LogP contribution in [0.4, 0.5) is 0 Å². The summed E-state index contributed by atoms with van der Waals surface area (Å²) in [7, 11) is -1.79. The molecule has 0 aliphatic carbocycles. The fourth-order valence-corrected chi connectivity index (χ4v) is 7.21. The third-order valence-corrected chi connectivity index (χ3v) is 9.29. The summed E-state index contributed by atoms with van der Waals surface area (Å²) < 4.78 is 17.9. The van der Waals surface area contributed by atoms with Crippen molar-refractivity contribution in [1.29, 1.82) is 0 Å². The van der Waals surface area contributed by atoms with Gasteiger partial charge < -0.3 is 4.74 Å². The number of carbonyl (C=O) groups is 1. The highest BCUT2D eigenvalue weighted by Gasteiger charge is 2.52. The number of aromatic nitrogens is 1. The standard InChI is InChI=1S/C30H38Cl2N2O5P/c1-19(2)38-40(36,39-20(3)4)29-22(6)33-21(5)26(27(29)24-14-11-15-25(31)28(24)32)30(35)37-17-16-34(7)18-23-12-9-8-10-13-23/h8-15,19-20,36H,16-18H2,1-7H3/q+1. The maximum absolute atomic E-state index is 13.7. The molecule has 7 nitrogen and oxygen atoms in total. The van der Waals surface area contributed by atoms with Gasteiger partial charge in [-0.3, -0.25) is 9.88 Å². The van der Waals surface area contributed by atoms with Crippen LogP contribution in [0.5, 0.6) is 0 Å². The third kappa shape index (κ3) is 8.01. The Morgan fingerprint density at radius 1 is 0.975 bits per heavy atom. The number of pyridine rings is 1. The Morgan fingerprint density at radius 3 is 2.20 bits per heavy atom. The average Bonchev–Trinajstić information content (AvgIpc) is 2.84. The van der Waals surface area contributed by atoms with Gasteiger partial charge in [-0.05, 0) is 60.2 Å². The van der Waals surface area contributed by atoms with Gasteiger partial charge in [-0.15, -0.1) is 0 Å². The normalized spacial score (nSPS) is 12.0. The predicted octanol–water partition coefficient (Wildman–Crippen LogP) is 7.19. The zero-order valence-corrected chi connectivity index (χ0v) is 26.5. The summed E-state index contributed by atoms with van der Waals surface area (Å²) >= 11 is 13.1. The molecule has 0 radical (unpaired) electrons. The highest BCUT2D eigenvalue weighted by Crippen LogP contribution is 2.60. The molecule has 40 heavy (non-hydrogen) atoms. The molecule has 0 saturated carbocycles. The van der Waals surface area contributed by atoms with E-state index in [2.05, 4.69) is 22.0 Å². The first-order valence-corrected chi connectivity index (χ1v) is 15.5. The summed E-state index contributed by atoms with van der Waals surface area (Å²) in [5.41, 5.74) is 3.02. The summed E-state index contributed by atoms with van der Waals surface area (Å²) in [6.45, 7) is 12.1. The van der Waals surface area contributed by atoms with Crippen LogP contribution in [0.3, 0.4) is 0 Å². The van der Waals surface area contributed by atoms with E-state index >= 15 is 0 Å². The van der Waals surface area contributed by atoms with E-state index < -0.39 is 13.9 Å². The summed E-state index contributed by atoms with van der Waals surface area (Å²) in [4.78, 5) is 32.4. The fourth-order valence-electron chi connectivity index (χ4n) is 4.44. The van der Waals surface area contributed by atoms with Crippen LogP contribution in [-0.2, 0) is 20.3 Å². The molecule has 216 valence electrons. The van der Waals surface area contributed by atoms with Crippen molar-refractivity contribution < 1.29 is 23.5 Å². The molecule has 1 heterocycles. The number of hydrogen-bond acceptors (Lipinski definition) is 7. The Morgan fingerprint density at radius 2 is 1.60 bits per heavy atom. The Balaban J connectivity index is 2.09. The van der Waals surface area contributed by atoms with Crippen molar-refractivity contribution in [3.8, 4) is 11.1 Å². The highest BCUT2D eigenvalue weighted by molar-refractivity contribution is 7.69. The Hall–Kier alpha value is -2.09. The maximum atomic E-state index is 13.7. The summed E-state index contributed by atoms with van der Waals surface area (Å²) in [6, 6.07) is 15.2. The lowest BCUT2D eigenvalue weighted by atomic mass is 9.97. The number of benzene rings is 2. The number of carbonyl (C=O) groups excluding carboxylic acids is 1. The monoisotopic (exact) mass is 607 g/mol. The molecule has 0 unspecified atom stereocenters. The van der Waals surface area contributed by atoms with Crippen LogP contribution in [0.2, 0.25) is 10.0 Å². The van der Waals surface area contributed by atoms with Gasteiger partial charge in [-0.25, -0.2) is 4.79 Å². The van der Waals surface area contributed by atoms with E-state index in [-0.39, 0.29) is 34.7 Å². The number of likely N-dealkylation sites (N-methyl/N-ethyl adjacent to an activating group) is 1. The minimum Gasteiger partial charge on any atom is -0.461 e. The Labute approximate surface area is 248 Å². The number of ether oxygens (including phenoxy) is 1.